The molecule has 0 aromatic heterocycles. The Labute approximate surface area is 122 Å². The van der Waals surface area contributed by atoms with Gasteiger partial charge in [-0.25, -0.2) is 0 Å². The standard InChI is InChI=1S/C18H26O2/c1-12-9-13(2)11-15(10-12)17(19)18-16-6-4-3-5-14(16)7-8-20-18/h3-6,12-13,15,17-19H,7-11H2,1-2H3. The molecule has 0 radical (unpaired) electrons. The minimum atomic E-state index is -0.360. The predicted octanol–water partition coefficient (Wildman–Crippen LogP) is 3.73. The van der Waals surface area contributed by atoms with Gasteiger partial charge in [-0.1, -0.05) is 38.1 Å². The highest BCUT2D eigenvalue weighted by atomic mass is 16.5. The first kappa shape index (κ1) is 14.1. The fourth-order valence-corrected chi connectivity index (χ4v) is 4.24. The van der Waals surface area contributed by atoms with E-state index >= 15 is 0 Å². The van der Waals surface area contributed by atoms with E-state index in [4.69, 9.17) is 4.74 Å². The fourth-order valence-electron chi connectivity index (χ4n) is 4.24. The van der Waals surface area contributed by atoms with Gasteiger partial charge in [-0.05, 0) is 54.6 Å². The van der Waals surface area contributed by atoms with Crippen LogP contribution in [0.15, 0.2) is 24.3 Å². The molecule has 2 aliphatic rings. The zero-order valence-electron chi connectivity index (χ0n) is 12.6. The summed E-state index contributed by atoms with van der Waals surface area (Å²) in [6.07, 6.45) is 4.05. The van der Waals surface area contributed by atoms with E-state index in [1.165, 1.54) is 17.5 Å². The van der Waals surface area contributed by atoms with Crippen LogP contribution in [0.1, 0.15) is 50.3 Å². The molecule has 1 heterocycles. The van der Waals surface area contributed by atoms with Crippen LogP contribution >= 0.6 is 0 Å². The van der Waals surface area contributed by atoms with E-state index in [-0.39, 0.29) is 12.2 Å². The number of rotatable bonds is 2. The molecule has 0 spiro atoms. The molecule has 110 valence electrons. The molecule has 20 heavy (non-hydrogen) atoms. The molecule has 0 bridgehead atoms. The van der Waals surface area contributed by atoms with Gasteiger partial charge in [0, 0.05) is 0 Å². The molecular weight excluding hydrogens is 248 g/mol. The zero-order chi connectivity index (χ0) is 14.1. The Hall–Kier alpha value is -0.860. The Morgan fingerprint density at radius 2 is 1.80 bits per heavy atom. The van der Waals surface area contributed by atoms with Crippen LogP contribution in [0.25, 0.3) is 0 Å². The predicted molar refractivity (Wildman–Crippen MR) is 80.5 cm³/mol. The van der Waals surface area contributed by atoms with Crippen molar-refractivity contribution in [3.63, 3.8) is 0 Å². The van der Waals surface area contributed by atoms with Gasteiger partial charge in [0.25, 0.3) is 0 Å². The third-order valence-corrected chi connectivity index (χ3v) is 5.04. The molecule has 1 aromatic rings. The second-order valence-corrected chi connectivity index (χ2v) is 6.91. The Morgan fingerprint density at radius 1 is 1.10 bits per heavy atom. The first-order chi connectivity index (χ1) is 9.65. The summed E-state index contributed by atoms with van der Waals surface area (Å²) in [5, 5.41) is 10.9. The van der Waals surface area contributed by atoms with Gasteiger partial charge in [0.2, 0.25) is 0 Å². The number of hydrogen-bond acceptors (Lipinski definition) is 2. The Bertz CT molecular complexity index is 446. The smallest absolute Gasteiger partial charge is 0.109 e. The lowest BCUT2D eigenvalue weighted by Crippen LogP contribution is -2.36. The van der Waals surface area contributed by atoms with E-state index < -0.39 is 0 Å². The van der Waals surface area contributed by atoms with Gasteiger partial charge in [0.15, 0.2) is 0 Å². The zero-order valence-corrected chi connectivity index (χ0v) is 12.6. The van der Waals surface area contributed by atoms with Crippen LogP contribution in [-0.4, -0.2) is 17.8 Å². The molecule has 3 rings (SSSR count). The number of aliphatic hydroxyl groups is 1. The van der Waals surface area contributed by atoms with Gasteiger partial charge in [0.05, 0.1) is 12.7 Å². The molecule has 2 nitrogen and oxygen atoms in total. The minimum Gasteiger partial charge on any atom is -0.390 e. The molecular formula is C18H26O2. The second kappa shape index (κ2) is 5.87. The molecule has 4 atom stereocenters. The topological polar surface area (TPSA) is 29.5 Å². The maximum Gasteiger partial charge on any atom is 0.109 e. The third kappa shape index (κ3) is 2.77. The van der Waals surface area contributed by atoms with Crippen molar-refractivity contribution in [2.45, 2.75) is 51.7 Å². The van der Waals surface area contributed by atoms with E-state index in [0.717, 1.165) is 37.7 Å². The summed E-state index contributed by atoms with van der Waals surface area (Å²) in [6.45, 7) is 5.35. The lowest BCUT2D eigenvalue weighted by molar-refractivity contribution is -0.0834. The van der Waals surface area contributed by atoms with Crippen LogP contribution in [-0.2, 0) is 11.2 Å². The van der Waals surface area contributed by atoms with Crippen molar-refractivity contribution in [1.29, 1.82) is 0 Å². The number of benzene rings is 1. The molecule has 1 fully saturated rings. The monoisotopic (exact) mass is 274 g/mol. The molecule has 2 heteroatoms. The number of aliphatic hydroxyl groups excluding tert-OH is 1. The quantitative estimate of drug-likeness (QED) is 0.890. The molecule has 0 saturated heterocycles. The summed E-state index contributed by atoms with van der Waals surface area (Å²) >= 11 is 0. The first-order valence-corrected chi connectivity index (χ1v) is 8.02. The molecule has 0 amide bonds. The van der Waals surface area contributed by atoms with Crippen LogP contribution in [0.3, 0.4) is 0 Å². The van der Waals surface area contributed by atoms with Crippen molar-refractivity contribution in [2.75, 3.05) is 6.61 Å². The van der Waals surface area contributed by atoms with Gasteiger partial charge in [0.1, 0.15) is 6.10 Å². The van der Waals surface area contributed by atoms with Crippen LogP contribution in [0.5, 0.6) is 0 Å². The number of ether oxygens (including phenoxy) is 1. The second-order valence-electron chi connectivity index (χ2n) is 6.91. The summed E-state index contributed by atoms with van der Waals surface area (Å²) in [6, 6.07) is 8.43. The number of hydrogen-bond donors (Lipinski definition) is 1. The molecule has 4 unspecified atom stereocenters. The largest absolute Gasteiger partial charge is 0.390 e. The summed E-state index contributed by atoms with van der Waals surface area (Å²) in [5.41, 5.74) is 2.55. The average Bonchev–Trinajstić information content (AvgIpc) is 2.45. The molecule has 1 saturated carbocycles. The molecule has 1 aliphatic heterocycles. The summed E-state index contributed by atoms with van der Waals surface area (Å²) in [5.74, 6) is 1.82. The normalized spacial score (nSPS) is 35.4. The van der Waals surface area contributed by atoms with Gasteiger partial charge in [-0.2, -0.15) is 0 Å². The summed E-state index contributed by atoms with van der Waals surface area (Å²) in [7, 11) is 0. The van der Waals surface area contributed by atoms with Crippen molar-refractivity contribution in [3.8, 4) is 0 Å². The van der Waals surface area contributed by atoms with Gasteiger partial charge >= 0.3 is 0 Å². The Morgan fingerprint density at radius 3 is 2.55 bits per heavy atom. The van der Waals surface area contributed by atoms with Gasteiger partial charge < -0.3 is 9.84 Å². The van der Waals surface area contributed by atoms with Crippen molar-refractivity contribution in [1.82, 2.24) is 0 Å². The highest BCUT2D eigenvalue weighted by Gasteiger charge is 2.36. The Kier molecular flexibility index (Phi) is 4.13. The number of fused-ring (bicyclic) bond motifs is 1. The highest BCUT2D eigenvalue weighted by molar-refractivity contribution is 5.31. The van der Waals surface area contributed by atoms with Crippen molar-refractivity contribution in [2.24, 2.45) is 17.8 Å². The van der Waals surface area contributed by atoms with Crippen molar-refractivity contribution >= 4 is 0 Å². The van der Waals surface area contributed by atoms with Crippen molar-refractivity contribution < 1.29 is 9.84 Å². The SMILES string of the molecule is CC1CC(C)CC(C(O)C2OCCc3ccccc32)C1. The van der Waals surface area contributed by atoms with E-state index in [1.54, 1.807) is 0 Å². The maximum absolute atomic E-state index is 10.9. The third-order valence-electron chi connectivity index (χ3n) is 5.04. The lowest BCUT2D eigenvalue weighted by Gasteiger charge is -2.39. The average molecular weight is 274 g/mol. The van der Waals surface area contributed by atoms with Crippen LogP contribution in [0.4, 0.5) is 0 Å². The molecule has 1 aromatic carbocycles. The van der Waals surface area contributed by atoms with E-state index in [1.807, 2.05) is 0 Å². The van der Waals surface area contributed by atoms with Crippen molar-refractivity contribution in [3.05, 3.63) is 35.4 Å². The molecule has 1 aliphatic carbocycles. The van der Waals surface area contributed by atoms with E-state index in [9.17, 15) is 5.11 Å². The fraction of sp³-hybridized carbons (Fsp3) is 0.667. The minimum absolute atomic E-state index is 0.123. The lowest BCUT2D eigenvalue weighted by atomic mass is 9.72. The highest BCUT2D eigenvalue weighted by Crippen LogP contribution is 2.40. The van der Waals surface area contributed by atoms with E-state index in [0.29, 0.717) is 5.92 Å². The maximum atomic E-state index is 10.9. The summed E-state index contributed by atoms with van der Waals surface area (Å²) in [4.78, 5) is 0. The summed E-state index contributed by atoms with van der Waals surface area (Å²) < 4.78 is 5.94. The Balaban J connectivity index is 1.79. The first-order valence-electron chi connectivity index (χ1n) is 8.02. The van der Waals surface area contributed by atoms with Crippen LogP contribution in [0.2, 0.25) is 0 Å². The van der Waals surface area contributed by atoms with E-state index in [2.05, 4.69) is 38.1 Å². The van der Waals surface area contributed by atoms with Crippen LogP contribution < -0.4 is 0 Å². The van der Waals surface area contributed by atoms with Gasteiger partial charge in [-0.15, -0.1) is 0 Å². The molecule has 1 N–H and O–H groups in total. The van der Waals surface area contributed by atoms with Crippen LogP contribution in [0, 0.1) is 17.8 Å². The van der Waals surface area contributed by atoms with Gasteiger partial charge in [-0.3, -0.25) is 0 Å².